The summed E-state index contributed by atoms with van der Waals surface area (Å²) in [6.45, 7) is 33.1. The molecule has 6 aliphatic rings. The minimum absolute atomic E-state index is 0. The van der Waals surface area contributed by atoms with Crippen molar-refractivity contribution in [3.05, 3.63) is 282 Å². The molecule has 0 aromatic heterocycles. The quantitative estimate of drug-likeness (QED) is 0.00838. The van der Waals surface area contributed by atoms with Crippen LogP contribution in [-0.2, 0) is 14.6 Å². The van der Waals surface area contributed by atoms with E-state index in [1.54, 1.807) is 91.0 Å². The van der Waals surface area contributed by atoms with Gasteiger partial charge in [-0.3, -0.25) is 82.8 Å². The van der Waals surface area contributed by atoms with E-state index in [-0.39, 0.29) is 88.2 Å². The van der Waals surface area contributed by atoms with E-state index in [2.05, 4.69) is 84.9 Å². The maximum atomic E-state index is 13.2. The molecular weight excluding hydrogens is 1890 g/mol. The Hall–Kier alpha value is -12.2. The molecule has 0 bridgehead atoms. The van der Waals surface area contributed by atoms with E-state index in [0.29, 0.717) is 148 Å². The Labute approximate surface area is 848 Å². The molecule has 0 saturated carbocycles. The Morgan fingerprint density at radius 2 is 1.00 bits per heavy atom. The number of amides is 8. The Morgan fingerprint density at radius 3 is 1.47 bits per heavy atom. The number of hydrogen-bond acceptors (Lipinski definition) is 23. The van der Waals surface area contributed by atoms with Crippen molar-refractivity contribution in [3.63, 3.8) is 0 Å². The van der Waals surface area contributed by atoms with Crippen molar-refractivity contribution < 1.29 is 65.6 Å². The van der Waals surface area contributed by atoms with Gasteiger partial charge in [0.05, 0.1) is 67.9 Å². The van der Waals surface area contributed by atoms with Gasteiger partial charge in [-0.05, 0) is 239 Å². The van der Waals surface area contributed by atoms with E-state index >= 15 is 0 Å². The van der Waals surface area contributed by atoms with Crippen LogP contribution in [0.15, 0.2) is 219 Å². The van der Waals surface area contributed by atoms with Crippen LogP contribution in [0.25, 0.3) is 0 Å². The maximum absolute atomic E-state index is 13.2. The van der Waals surface area contributed by atoms with Gasteiger partial charge in [0.15, 0.2) is 9.84 Å². The van der Waals surface area contributed by atoms with E-state index in [1.165, 1.54) is 76.3 Å². The summed E-state index contributed by atoms with van der Waals surface area (Å²) in [5, 5.41) is 35.8. The van der Waals surface area contributed by atoms with E-state index < -0.39 is 20.6 Å². The number of imide groups is 2. The first-order valence-electron chi connectivity index (χ1n) is 47.1. The van der Waals surface area contributed by atoms with Crippen LogP contribution in [0.4, 0.5) is 10.1 Å². The average Bonchev–Trinajstić information content (AvgIpc) is 1.57. The van der Waals surface area contributed by atoms with Crippen molar-refractivity contribution in [1.29, 1.82) is 5.26 Å². The molecule has 4 fully saturated rings. The van der Waals surface area contributed by atoms with Crippen LogP contribution in [0.1, 0.15) is 184 Å². The highest BCUT2D eigenvalue weighted by Crippen LogP contribution is 2.38. The number of aryl methyl sites for hydroxylation is 3. The molecule has 748 valence electrons. The topological polar surface area (TPSA) is 339 Å². The number of carbonyl (C=O) groups is 8. The van der Waals surface area contributed by atoms with Gasteiger partial charge in [-0.1, -0.05) is 147 Å². The molecule has 5 N–H and O–H groups in total. The molecule has 3 unspecified atom stereocenters. The Bertz CT molecular complexity index is 5970. The number of fused-ring (bicyclic) bond motifs is 2. The Morgan fingerprint density at radius 1 is 0.539 bits per heavy atom. The van der Waals surface area contributed by atoms with Crippen molar-refractivity contribution in [1.82, 2.24) is 60.9 Å². The van der Waals surface area contributed by atoms with Gasteiger partial charge in [0.25, 0.3) is 52.9 Å². The van der Waals surface area contributed by atoms with Crippen molar-refractivity contribution in [2.75, 3.05) is 150 Å². The van der Waals surface area contributed by atoms with Crippen molar-refractivity contribution in [2.24, 2.45) is 0 Å². The number of ether oxygens (including phenoxy) is 2. The second kappa shape index (κ2) is 57.7. The Kier molecular flexibility index (Phi) is 46.7. The maximum Gasteiger partial charge on any atom is 0.284 e. The number of nitrogens with zero attached hydrogens (tertiary/aromatic N) is 9. The fraction of sp³-hybridized carbons (Fsp3) is 0.374. The number of sulfone groups is 1. The summed E-state index contributed by atoms with van der Waals surface area (Å²) in [5.41, 5.74) is 7.35. The van der Waals surface area contributed by atoms with E-state index in [4.69, 9.17) is 22.3 Å². The zero-order valence-corrected chi connectivity index (χ0v) is 85.4. The van der Waals surface area contributed by atoms with Crippen molar-refractivity contribution >= 4 is 111 Å². The van der Waals surface area contributed by atoms with Gasteiger partial charge in [0.2, 0.25) is 0 Å². The largest absolute Gasteiger partial charge is 0.456 e. The molecule has 0 aliphatic carbocycles. The molecule has 6 aliphatic heterocycles. The predicted octanol–water partition coefficient (Wildman–Crippen LogP) is 15.7. The number of nitrogens with one attached hydrogen (secondary N) is 5. The minimum Gasteiger partial charge on any atom is -0.456 e. The standard InChI is InChI=1S/C22H25N3O2.C22H28N2O3S2.C21H25N3O3S.C15H17FN2O2.C15H16N2O2.C12H14N2O2.2ClH/c1-3-25-12-4-5-19(25)15-24-22(26)17-8-11-21(18(13-17)14-23)27-20-9-6-16(2)7-10-20;1-4-24-13-5-6-18(24)15-23-22(25)17-9-12-20(21(14-17)29(3,26)27)28-19-10-7-16(2)8-11-19;1-3-23-11-5-7-17(23)14-22-21(25)16-9-10-20(19(13-16)24(26)27)28-18-8-4-6-15(2)12-18;1-2-12-11-13(3-4-14(12)16)15(19)17-5-6-18-7-9-20-10-8-18;1-3-9-16(4-2)10-11-17-14(18)12-7-5-6-8-13(12)15(17)19;1-2-13-7-8-14-11(15)9-5-3-4-6-10(9)12(14)16;;/h6-11,13,19H,3-5,12,15H2,1-2H3,(H,24,26);7-12,14,18H,4-6,13,15H2,1-3H3,(H,23,25);4,6,8-10,12-13,17H,3,5,7,11,14H2,1-2H3,(H,22,25);1,3-4,11H,5-10H2,(H,17,19);1,5-8H,4,9-11H2,2H3;3-6,13H,2,7-8H2,1H3;2*1H. The fourth-order valence-electron chi connectivity index (χ4n) is 16.6. The van der Waals surface area contributed by atoms with Gasteiger partial charge >= 0.3 is 0 Å². The average molecular weight is 2020 g/mol. The molecule has 9 aromatic carbocycles. The molecule has 9 aromatic rings. The third-order valence-electron chi connectivity index (χ3n) is 24.4. The summed E-state index contributed by atoms with van der Waals surface area (Å²) in [5.74, 6) is 3.74. The van der Waals surface area contributed by atoms with Crippen LogP contribution < -0.4 is 31.3 Å². The van der Waals surface area contributed by atoms with Crippen LogP contribution >= 0.6 is 48.3 Å². The van der Waals surface area contributed by atoms with E-state index in [9.17, 15) is 66.5 Å². The van der Waals surface area contributed by atoms with Crippen LogP contribution in [0, 0.1) is 72.7 Å². The first kappa shape index (κ1) is 114. The highest BCUT2D eigenvalue weighted by molar-refractivity contribution is 8.00. The number of likely N-dealkylation sites (tertiary alicyclic amines) is 3. The zero-order valence-electron chi connectivity index (χ0n) is 81.3. The first-order chi connectivity index (χ1) is 67.0. The lowest BCUT2D eigenvalue weighted by Crippen LogP contribution is -2.41. The van der Waals surface area contributed by atoms with Crippen molar-refractivity contribution in [2.45, 2.75) is 137 Å². The number of benzene rings is 9. The smallest absolute Gasteiger partial charge is 0.284 e. The molecule has 4 saturated heterocycles. The number of carbonyl (C=O) groups excluding carboxylic acids is 8. The van der Waals surface area contributed by atoms with Crippen molar-refractivity contribution in [3.8, 4) is 42.3 Å². The lowest BCUT2D eigenvalue weighted by molar-refractivity contribution is -0.387. The zero-order chi connectivity index (χ0) is 100. The molecule has 34 heteroatoms. The van der Waals surface area contributed by atoms with Gasteiger partial charge in [0.1, 0.15) is 23.4 Å². The van der Waals surface area contributed by atoms with Gasteiger partial charge in [0, 0.05) is 139 Å². The van der Waals surface area contributed by atoms with Gasteiger partial charge < -0.3 is 36.1 Å². The van der Waals surface area contributed by atoms with Gasteiger partial charge in [-0.25, -0.2) is 12.8 Å². The number of rotatable bonds is 33. The first-order valence-corrected chi connectivity index (χ1v) is 50.6. The molecule has 141 heavy (non-hydrogen) atoms. The lowest BCUT2D eigenvalue weighted by Gasteiger charge is -2.26. The number of nitro groups is 1. The van der Waals surface area contributed by atoms with E-state index in [0.717, 1.165) is 144 Å². The number of hydrogen-bond donors (Lipinski definition) is 5. The molecule has 0 radical (unpaired) electrons. The molecule has 3 atom stereocenters. The van der Waals surface area contributed by atoms with Crippen LogP contribution in [0.2, 0.25) is 0 Å². The SMILES string of the molecule is C#CCN(CC)CCN1C(=O)c2ccccc2C1=O.C#Cc1cc(C(=O)NCCN2CCOCC2)ccc1F.CCN1CCCC1CNC(=O)c1ccc(Oc2ccc(C)cc2)c(C#N)c1.CCN1CCCC1CNC(=O)c1ccc(Sc2ccc(C)cc2)c(S(C)(=O)=O)c1.CCN1CCCC1CNC(=O)c1ccc(Sc2cccc(C)c2)c([N+](=O)[O-])c1.CCNCCN1C(=O)c2ccccc2C1=O.Cl.Cl. The number of nitriles is 1. The third kappa shape index (κ3) is 33.5. The number of nitro benzene ring substituents is 1. The second-order valence-corrected chi connectivity index (χ2v) is 38.2. The molecule has 28 nitrogen and oxygen atoms in total. The summed E-state index contributed by atoms with van der Waals surface area (Å²) in [7, 11) is -3.47. The third-order valence-corrected chi connectivity index (χ3v) is 27.8. The summed E-state index contributed by atoms with van der Waals surface area (Å²) < 4.78 is 49.0. The number of halogens is 3. The second-order valence-electron chi connectivity index (χ2n) is 33.9. The van der Waals surface area contributed by atoms with Crippen LogP contribution in [-0.4, -0.2) is 263 Å². The fourth-order valence-corrected chi connectivity index (χ4v) is 19.8. The normalized spacial score (nSPS) is 15.8. The summed E-state index contributed by atoms with van der Waals surface area (Å²) in [6.07, 6.45) is 18.4. The predicted molar refractivity (Wildman–Crippen MR) is 555 cm³/mol. The van der Waals surface area contributed by atoms with Gasteiger partial charge in [-0.2, -0.15) is 5.26 Å². The van der Waals surface area contributed by atoms with Gasteiger partial charge in [-0.15, -0.1) is 37.7 Å². The number of morpholine rings is 1. The monoisotopic (exact) mass is 2020 g/mol. The van der Waals surface area contributed by atoms with Crippen LogP contribution in [0.3, 0.4) is 0 Å². The molecule has 0 spiro atoms. The summed E-state index contributed by atoms with van der Waals surface area (Å²) in [6, 6.07) is 59.1. The number of terminal acetylenes is 2. The minimum atomic E-state index is -3.47. The van der Waals surface area contributed by atoms with Crippen LogP contribution in [0.5, 0.6) is 11.5 Å². The highest BCUT2D eigenvalue weighted by Gasteiger charge is 2.37. The lowest BCUT2D eigenvalue weighted by atomic mass is 10.1. The van der Waals surface area contributed by atoms with E-state index in [1.807, 2.05) is 112 Å². The molecular formula is C107H127Cl2FN14O14S3. The summed E-state index contributed by atoms with van der Waals surface area (Å²) >= 11 is 2.72. The molecule has 6 heterocycles. The molecule has 15 rings (SSSR count). The highest BCUT2D eigenvalue weighted by atomic mass is 35.5. The number of likely N-dealkylation sites (N-methyl/N-ethyl adjacent to an activating group) is 5. The summed E-state index contributed by atoms with van der Waals surface area (Å²) in [4.78, 5) is 126. The Balaban J connectivity index is 0.000000209. The molecule has 8 amide bonds.